The summed E-state index contributed by atoms with van der Waals surface area (Å²) in [4.78, 5) is 24.7. The lowest BCUT2D eigenvalue weighted by Crippen LogP contribution is -2.33. The SMILES string of the molecule is CC(C)N(CCO)c1ccc2c(c1)NC(=O)C2=O. The molecule has 1 heterocycles. The summed E-state index contributed by atoms with van der Waals surface area (Å²) in [6.45, 7) is 4.61. The maximum atomic E-state index is 11.5. The van der Waals surface area contributed by atoms with Gasteiger partial charge in [0.2, 0.25) is 0 Å². The molecule has 0 aromatic heterocycles. The van der Waals surface area contributed by atoms with Gasteiger partial charge in [-0.25, -0.2) is 0 Å². The van der Waals surface area contributed by atoms with E-state index in [9.17, 15) is 9.59 Å². The number of aliphatic hydroxyl groups is 1. The molecule has 0 spiro atoms. The lowest BCUT2D eigenvalue weighted by Gasteiger charge is -2.28. The van der Waals surface area contributed by atoms with Gasteiger partial charge in [0.1, 0.15) is 0 Å². The number of anilines is 2. The van der Waals surface area contributed by atoms with Gasteiger partial charge in [-0.05, 0) is 32.0 Å². The monoisotopic (exact) mass is 248 g/mol. The highest BCUT2D eigenvalue weighted by Crippen LogP contribution is 2.29. The third-order valence-corrected chi connectivity index (χ3v) is 3.00. The van der Waals surface area contributed by atoms with Crippen molar-refractivity contribution in [1.82, 2.24) is 0 Å². The number of carbonyl (C=O) groups is 2. The maximum Gasteiger partial charge on any atom is 0.296 e. The Morgan fingerprint density at radius 2 is 2.06 bits per heavy atom. The normalized spacial score (nSPS) is 13.8. The van der Waals surface area contributed by atoms with Crippen molar-refractivity contribution in [2.24, 2.45) is 0 Å². The predicted molar refractivity (Wildman–Crippen MR) is 69.0 cm³/mol. The quantitative estimate of drug-likeness (QED) is 0.781. The molecule has 96 valence electrons. The first-order valence-electron chi connectivity index (χ1n) is 5.92. The smallest absolute Gasteiger partial charge is 0.296 e. The molecule has 18 heavy (non-hydrogen) atoms. The van der Waals surface area contributed by atoms with E-state index in [1.165, 1.54) is 0 Å². The lowest BCUT2D eigenvalue weighted by atomic mass is 10.1. The molecular formula is C13H16N2O3. The van der Waals surface area contributed by atoms with E-state index in [1.54, 1.807) is 18.2 Å². The van der Waals surface area contributed by atoms with Gasteiger partial charge in [0.25, 0.3) is 11.7 Å². The highest BCUT2D eigenvalue weighted by Gasteiger charge is 2.28. The molecule has 1 aromatic rings. The van der Waals surface area contributed by atoms with Crippen LogP contribution in [0.2, 0.25) is 0 Å². The van der Waals surface area contributed by atoms with Crippen LogP contribution in [0.1, 0.15) is 24.2 Å². The molecule has 0 fully saturated rings. The number of amides is 1. The minimum atomic E-state index is -0.583. The number of fused-ring (bicyclic) bond motifs is 1. The number of hydrogen-bond acceptors (Lipinski definition) is 4. The molecule has 1 aliphatic rings. The Labute approximate surface area is 105 Å². The number of benzene rings is 1. The van der Waals surface area contributed by atoms with Crippen LogP contribution in [-0.2, 0) is 4.79 Å². The highest BCUT2D eigenvalue weighted by molar-refractivity contribution is 6.51. The molecule has 5 heteroatoms. The van der Waals surface area contributed by atoms with Gasteiger partial charge in [-0.2, -0.15) is 0 Å². The van der Waals surface area contributed by atoms with Gasteiger partial charge in [-0.3, -0.25) is 9.59 Å². The fraction of sp³-hybridized carbons (Fsp3) is 0.385. The second-order valence-corrected chi connectivity index (χ2v) is 4.52. The molecular weight excluding hydrogens is 232 g/mol. The third-order valence-electron chi connectivity index (χ3n) is 3.00. The Balaban J connectivity index is 2.35. The van der Waals surface area contributed by atoms with Crippen LogP contribution >= 0.6 is 0 Å². The molecule has 0 saturated heterocycles. The third kappa shape index (κ3) is 2.09. The summed E-state index contributed by atoms with van der Waals surface area (Å²) in [5, 5.41) is 11.6. The van der Waals surface area contributed by atoms with Crippen molar-refractivity contribution in [3.05, 3.63) is 23.8 Å². The fourth-order valence-electron chi connectivity index (χ4n) is 2.11. The lowest BCUT2D eigenvalue weighted by molar-refractivity contribution is -0.112. The first-order chi connectivity index (χ1) is 8.54. The van der Waals surface area contributed by atoms with Crippen LogP contribution in [0.15, 0.2) is 18.2 Å². The van der Waals surface area contributed by atoms with Gasteiger partial charge in [0, 0.05) is 18.3 Å². The van der Waals surface area contributed by atoms with Gasteiger partial charge in [-0.15, -0.1) is 0 Å². The number of hydrogen-bond donors (Lipinski definition) is 2. The summed E-state index contributed by atoms with van der Waals surface area (Å²) >= 11 is 0. The number of carbonyl (C=O) groups excluding carboxylic acids is 2. The summed E-state index contributed by atoms with van der Waals surface area (Å²) in [6, 6.07) is 5.45. The van der Waals surface area contributed by atoms with Crippen molar-refractivity contribution in [1.29, 1.82) is 0 Å². The second kappa shape index (κ2) is 4.78. The minimum absolute atomic E-state index is 0.0561. The molecule has 2 rings (SSSR count). The molecule has 0 atom stereocenters. The van der Waals surface area contributed by atoms with Crippen LogP contribution in [0.5, 0.6) is 0 Å². The van der Waals surface area contributed by atoms with Gasteiger partial charge in [0.15, 0.2) is 0 Å². The molecule has 0 bridgehead atoms. The van der Waals surface area contributed by atoms with Crippen LogP contribution in [0.25, 0.3) is 0 Å². The number of nitrogens with zero attached hydrogens (tertiary/aromatic N) is 1. The van der Waals surface area contributed by atoms with Gasteiger partial charge < -0.3 is 15.3 Å². The molecule has 0 saturated carbocycles. The highest BCUT2D eigenvalue weighted by atomic mass is 16.3. The van der Waals surface area contributed by atoms with Crippen LogP contribution in [0.3, 0.4) is 0 Å². The average molecular weight is 248 g/mol. The Bertz CT molecular complexity index is 497. The van der Waals surface area contributed by atoms with E-state index in [1.807, 2.05) is 18.7 Å². The van der Waals surface area contributed by atoms with Crippen molar-refractivity contribution >= 4 is 23.1 Å². The van der Waals surface area contributed by atoms with E-state index in [-0.39, 0.29) is 12.6 Å². The second-order valence-electron chi connectivity index (χ2n) is 4.52. The van der Waals surface area contributed by atoms with Crippen LogP contribution in [0, 0.1) is 0 Å². The van der Waals surface area contributed by atoms with E-state index in [4.69, 9.17) is 5.11 Å². The largest absolute Gasteiger partial charge is 0.395 e. The standard InChI is InChI=1S/C13H16N2O3/c1-8(2)15(5-6-16)9-3-4-10-11(7-9)14-13(18)12(10)17/h3-4,7-8,16H,5-6H2,1-2H3,(H,14,17,18). The van der Waals surface area contributed by atoms with Crippen molar-refractivity contribution in [3.63, 3.8) is 0 Å². The Hall–Kier alpha value is -1.88. The van der Waals surface area contributed by atoms with Crippen molar-refractivity contribution in [2.75, 3.05) is 23.4 Å². The zero-order valence-electron chi connectivity index (χ0n) is 10.4. The molecule has 1 aliphatic heterocycles. The number of aliphatic hydroxyl groups excluding tert-OH is 1. The topological polar surface area (TPSA) is 69.6 Å². The Morgan fingerprint density at radius 3 is 2.67 bits per heavy atom. The fourth-order valence-corrected chi connectivity index (χ4v) is 2.11. The summed E-state index contributed by atoms with van der Waals surface area (Å²) < 4.78 is 0. The van der Waals surface area contributed by atoms with Gasteiger partial charge >= 0.3 is 0 Å². The molecule has 0 aliphatic carbocycles. The Kier molecular flexibility index (Phi) is 3.34. The predicted octanol–water partition coefficient (Wildman–Crippen LogP) is 1.03. The van der Waals surface area contributed by atoms with Crippen molar-refractivity contribution < 1.29 is 14.7 Å². The first-order valence-corrected chi connectivity index (χ1v) is 5.92. The van der Waals surface area contributed by atoms with Gasteiger partial charge in [-0.1, -0.05) is 0 Å². The van der Waals surface area contributed by atoms with E-state index in [0.29, 0.717) is 17.8 Å². The summed E-state index contributed by atoms with van der Waals surface area (Å²) in [7, 11) is 0. The van der Waals surface area contributed by atoms with Crippen LogP contribution in [-0.4, -0.2) is 36.0 Å². The number of rotatable bonds is 4. The van der Waals surface area contributed by atoms with E-state index >= 15 is 0 Å². The molecule has 2 N–H and O–H groups in total. The molecule has 0 unspecified atom stereocenters. The van der Waals surface area contributed by atoms with E-state index in [0.717, 1.165) is 5.69 Å². The molecule has 0 radical (unpaired) electrons. The zero-order chi connectivity index (χ0) is 13.3. The van der Waals surface area contributed by atoms with E-state index in [2.05, 4.69) is 5.32 Å². The van der Waals surface area contributed by atoms with Crippen molar-refractivity contribution in [3.8, 4) is 0 Å². The average Bonchev–Trinajstić information content (AvgIpc) is 2.61. The molecule has 1 amide bonds. The van der Waals surface area contributed by atoms with E-state index < -0.39 is 11.7 Å². The number of Topliss-reactive ketones (excluding diaryl/α,β-unsaturated/α-hetero) is 1. The van der Waals surface area contributed by atoms with Gasteiger partial charge in [0.05, 0.1) is 17.9 Å². The number of nitrogens with one attached hydrogen (secondary N) is 1. The van der Waals surface area contributed by atoms with Crippen molar-refractivity contribution in [2.45, 2.75) is 19.9 Å². The van der Waals surface area contributed by atoms with Crippen LogP contribution < -0.4 is 10.2 Å². The summed E-state index contributed by atoms with van der Waals surface area (Å²) in [6.07, 6.45) is 0. The molecule has 1 aromatic carbocycles. The number of ketones is 1. The zero-order valence-corrected chi connectivity index (χ0v) is 10.4. The first kappa shape index (κ1) is 12.6. The maximum absolute atomic E-state index is 11.5. The van der Waals surface area contributed by atoms with Crippen LogP contribution in [0.4, 0.5) is 11.4 Å². The summed E-state index contributed by atoms with van der Waals surface area (Å²) in [5.74, 6) is -1.07. The Morgan fingerprint density at radius 1 is 1.33 bits per heavy atom. The summed E-state index contributed by atoms with van der Waals surface area (Å²) in [5.41, 5.74) is 1.84. The molecule has 5 nitrogen and oxygen atoms in total. The minimum Gasteiger partial charge on any atom is -0.395 e.